The van der Waals surface area contributed by atoms with Crippen LogP contribution in [0, 0.1) is 20.8 Å². The van der Waals surface area contributed by atoms with Crippen molar-refractivity contribution in [2.24, 2.45) is 0 Å². The number of fused-ring (bicyclic) bond motifs is 3. The smallest absolute Gasteiger partial charge is 0.307 e. The summed E-state index contributed by atoms with van der Waals surface area (Å²) in [5.74, 6) is -0.133. The van der Waals surface area contributed by atoms with Crippen molar-refractivity contribution < 1.29 is 18.8 Å². The highest BCUT2D eigenvalue weighted by Gasteiger charge is 2.32. The zero-order chi connectivity index (χ0) is 27.0. The molecular formula is C32H31NO4S. The van der Waals surface area contributed by atoms with Crippen molar-refractivity contribution in [3.8, 4) is 28.0 Å². The Kier molecular flexibility index (Phi) is 7.09. The van der Waals surface area contributed by atoms with Crippen LogP contribution in [0.3, 0.4) is 0 Å². The van der Waals surface area contributed by atoms with Crippen molar-refractivity contribution >= 4 is 22.6 Å². The summed E-state index contributed by atoms with van der Waals surface area (Å²) in [5.41, 5.74) is 10.6. The van der Waals surface area contributed by atoms with Crippen molar-refractivity contribution in [1.29, 1.82) is 0 Å². The fourth-order valence-electron chi connectivity index (χ4n) is 5.38. The molecule has 0 amide bonds. The maximum atomic E-state index is 13.0. The van der Waals surface area contributed by atoms with E-state index in [1.807, 2.05) is 91.8 Å². The fraction of sp³-hybridized carbons (Fsp3) is 0.219. The van der Waals surface area contributed by atoms with Crippen LogP contribution in [-0.4, -0.2) is 21.5 Å². The molecule has 5 nitrogen and oxygen atoms in total. The first kappa shape index (κ1) is 25.7. The lowest BCUT2D eigenvalue weighted by atomic mass is 9.81. The Labute approximate surface area is 226 Å². The molecule has 0 radical (unpaired) electrons. The number of benzene rings is 4. The molecule has 0 fully saturated rings. The molecule has 5 rings (SSSR count). The highest BCUT2D eigenvalue weighted by atomic mass is 32.2. The predicted molar refractivity (Wildman–Crippen MR) is 154 cm³/mol. The largest absolute Gasteiger partial charge is 0.489 e. The molecule has 1 N–H and O–H groups in total. The van der Waals surface area contributed by atoms with Gasteiger partial charge < -0.3 is 9.84 Å². The standard InChI is InChI=1S/C32H31NO4S/c1-20-10-12-24(13-11-20)30-22(3)31-28-16-26(37-19-23-8-6-5-7-9-23)15-14-25(28)18-33(38(4)36)32(31)21(2)27(30)17-29(34)35/h5-16H,17-19H2,1-4H3,(H,34,35). The van der Waals surface area contributed by atoms with E-state index in [2.05, 4.69) is 6.07 Å². The Morgan fingerprint density at radius 1 is 0.947 bits per heavy atom. The van der Waals surface area contributed by atoms with Crippen LogP contribution in [0.5, 0.6) is 5.75 Å². The Balaban J connectivity index is 1.73. The van der Waals surface area contributed by atoms with Gasteiger partial charge in [-0.3, -0.25) is 9.10 Å². The van der Waals surface area contributed by atoms with Crippen molar-refractivity contribution in [3.63, 3.8) is 0 Å². The highest BCUT2D eigenvalue weighted by Crippen LogP contribution is 2.49. The number of hydrogen-bond donors (Lipinski definition) is 1. The van der Waals surface area contributed by atoms with Gasteiger partial charge >= 0.3 is 5.97 Å². The van der Waals surface area contributed by atoms with Gasteiger partial charge in [0.2, 0.25) is 0 Å². The molecule has 1 heterocycles. The number of anilines is 1. The second-order valence-corrected chi connectivity index (χ2v) is 11.1. The van der Waals surface area contributed by atoms with Crippen LogP contribution < -0.4 is 9.04 Å². The summed E-state index contributed by atoms with van der Waals surface area (Å²) in [6.45, 7) is 6.97. The van der Waals surface area contributed by atoms with Crippen molar-refractivity contribution in [3.05, 3.63) is 106 Å². The van der Waals surface area contributed by atoms with Gasteiger partial charge in [-0.15, -0.1) is 0 Å². The number of rotatable bonds is 7. The second-order valence-electron chi connectivity index (χ2n) is 9.82. The van der Waals surface area contributed by atoms with Crippen LogP contribution in [0.25, 0.3) is 22.3 Å². The molecule has 194 valence electrons. The first-order chi connectivity index (χ1) is 18.2. The quantitative estimate of drug-likeness (QED) is 0.289. The van der Waals surface area contributed by atoms with Gasteiger partial charge in [0.25, 0.3) is 0 Å². The van der Waals surface area contributed by atoms with E-state index in [0.717, 1.165) is 67.1 Å². The maximum absolute atomic E-state index is 13.0. The zero-order valence-corrected chi connectivity index (χ0v) is 22.9. The topological polar surface area (TPSA) is 66.8 Å². The second kappa shape index (κ2) is 10.5. The molecule has 0 saturated carbocycles. The highest BCUT2D eigenvalue weighted by molar-refractivity contribution is 7.85. The van der Waals surface area contributed by atoms with Gasteiger partial charge in [0.15, 0.2) is 0 Å². The summed E-state index contributed by atoms with van der Waals surface area (Å²) in [6.07, 6.45) is 1.56. The summed E-state index contributed by atoms with van der Waals surface area (Å²) in [5, 5.41) is 9.83. The van der Waals surface area contributed by atoms with Gasteiger partial charge in [0.05, 0.1) is 18.7 Å². The number of carbonyl (C=O) groups is 1. The van der Waals surface area contributed by atoms with E-state index >= 15 is 0 Å². The van der Waals surface area contributed by atoms with Gasteiger partial charge in [0.1, 0.15) is 23.3 Å². The average Bonchev–Trinajstić information content (AvgIpc) is 2.90. The van der Waals surface area contributed by atoms with Gasteiger partial charge in [-0.2, -0.15) is 0 Å². The first-order valence-corrected chi connectivity index (χ1v) is 14.1. The molecule has 0 aliphatic carbocycles. The molecule has 1 unspecified atom stereocenters. The minimum absolute atomic E-state index is 0.111. The number of hydrogen-bond acceptors (Lipinski definition) is 3. The molecule has 6 heteroatoms. The molecule has 38 heavy (non-hydrogen) atoms. The molecule has 0 spiro atoms. The van der Waals surface area contributed by atoms with Crippen LogP contribution in [0.15, 0.2) is 72.8 Å². The van der Waals surface area contributed by atoms with Crippen molar-refractivity contribution in [2.75, 3.05) is 10.6 Å². The Morgan fingerprint density at radius 2 is 1.66 bits per heavy atom. The predicted octanol–water partition coefficient (Wildman–Crippen LogP) is 6.77. The minimum Gasteiger partial charge on any atom is -0.489 e. The SMILES string of the molecule is Cc1ccc(-c2c(C)c3c(c(C)c2CC(=O)O)N(S(C)=O)Cc2ccc(OCc4ccccc4)cc2-3)cc1. The molecule has 1 atom stereocenters. The third-order valence-electron chi connectivity index (χ3n) is 7.24. The molecular weight excluding hydrogens is 494 g/mol. The molecule has 0 bridgehead atoms. The lowest BCUT2D eigenvalue weighted by molar-refractivity contribution is -0.136. The van der Waals surface area contributed by atoms with E-state index in [1.54, 1.807) is 6.26 Å². The van der Waals surface area contributed by atoms with Crippen molar-refractivity contribution in [2.45, 2.75) is 40.3 Å². The number of aliphatic carboxylic acids is 1. The number of nitrogens with zero attached hydrogens (tertiary/aromatic N) is 1. The zero-order valence-electron chi connectivity index (χ0n) is 22.1. The van der Waals surface area contributed by atoms with E-state index in [9.17, 15) is 14.1 Å². The van der Waals surface area contributed by atoms with Crippen LogP contribution in [0.1, 0.15) is 33.4 Å². The van der Waals surface area contributed by atoms with Crippen LogP contribution >= 0.6 is 0 Å². The van der Waals surface area contributed by atoms with Gasteiger partial charge in [-0.05, 0) is 77.4 Å². The van der Waals surface area contributed by atoms with E-state index in [-0.39, 0.29) is 6.42 Å². The Hall–Kier alpha value is -3.90. The normalized spacial score (nSPS) is 13.0. The minimum atomic E-state index is -1.29. The van der Waals surface area contributed by atoms with E-state index < -0.39 is 17.0 Å². The molecule has 0 aromatic heterocycles. The van der Waals surface area contributed by atoms with Gasteiger partial charge in [-0.25, -0.2) is 4.21 Å². The van der Waals surface area contributed by atoms with E-state index in [1.165, 1.54) is 0 Å². The summed E-state index contributed by atoms with van der Waals surface area (Å²) in [7, 11) is -1.29. The first-order valence-electron chi connectivity index (χ1n) is 12.6. The summed E-state index contributed by atoms with van der Waals surface area (Å²) in [6, 6.07) is 24.3. The molecule has 4 aromatic carbocycles. The van der Waals surface area contributed by atoms with Crippen LogP contribution in [0.2, 0.25) is 0 Å². The van der Waals surface area contributed by atoms with E-state index in [4.69, 9.17) is 4.74 Å². The third kappa shape index (κ3) is 4.84. The molecule has 1 aliphatic rings. The number of ether oxygens (including phenoxy) is 1. The van der Waals surface area contributed by atoms with E-state index in [0.29, 0.717) is 13.2 Å². The third-order valence-corrected chi connectivity index (χ3v) is 8.17. The lowest BCUT2D eigenvalue weighted by Crippen LogP contribution is -2.30. The summed E-state index contributed by atoms with van der Waals surface area (Å²) in [4.78, 5) is 12.0. The molecule has 0 saturated heterocycles. The Morgan fingerprint density at radius 3 is 2.32 bits per heavy atom. The van der Waals surface area contributed by atoms with Crippen molar-refractivity contribution in [1.82, 2.24) is 0 Å². The summed E-state index contributed by atoms with van der Waals surface area (Å²) < 4.78 is 21.0. The average molecular weight is 526 g/mol. The van der Waals surface area contributed by atoms with Gasteiger partial charge in [-0.1, -0.05) is 66.2 Å². The maximum Gasteiger partial charge on any atom is 0.307 e. The molecule has 1 aliphatic heterocycles. The van der Waals surface area contributed by atoms with Crippen LogP contribution in [-0.2, 0) is 35.4 Å². The number of carboxylic acids is 1. The lowest BCUT2D eigenvalue weighted by Gasteiger charge is -2.35. The number of aryl methyl sites for hydroxylation is 1. The summed E-state index contributed by atoms with van der Waals surface area (Å²) >= 11 is 0. The number of carboxylic acid groups (broad SMARTS) is 1. The Bertz CT molecular complexity index is 1540. The van der Waals surface area contributed by atoms with Crippen LogP contribution in [0.4, 0.5) is 5.69 Å². The fourth-order valence-corrected chi connectivity index (χ4v) is 6.19. The molecule has 4 aromatic rings. The van der Waals surface area contributed by atoms with Gasteiger partial charge in [0, 0.05) is 11.8 Å². The monoisotopic (exact) mass is 525 g/mol.